The van der Waals surface area contributed by atoms with Gasteiger partial charge in [-0.25, -0.2) is 0 Å². The molecule has 0 fully saturated rings. The van der Waals surface area contributed by atoms with Crippen molar-refractivity contribution in [3.05, 3.63) is 0 Å². The van der Waals surface area contributed by atoms with Crippen molar-refractivity contribution in [1.29, 1.82) is 0 Å². The first-order chi connectivity index (χ1) is 7.23. The second kappa shape index (κ2) is 5.18. The summed E-state index contributed by atoms with van der Waals surface area (Å²) < 4.78 is 0. The molecule has 0 aliphatic heterocycles. The third kappa shape index (κ3) is 3.12. The number of amides is 1. The Morgan fingerprint density at radius 1 is 1.31 bits per heavy atom. The van der Waals surface area contributed by atoms with Crippen molar-refractivity contribution >= 4 is 11.7 Å². The number of hydrogen-bond acceptors (Lipinski definition) is 3. The van der Waals surface area contributed by atoms with Crippen LogP contribution in [0.25, 0.3) is 0 Å². The maximum Gasteiger partial charge on any atom is 0.226 e. The average Bonchev–Trinajstić information content (AvgIpc) is 2.23. The van der Waals surface area contributed by atoms with E-state index in [1.807, 2.05) is 34.6 Å². The molecule has 16 heavy (non-hydrogen) atoms. The van der Waals surface area contributed by atoms with Crippen LogP contribution in [-0.4, -0.2) is 22.5 Å². The number of nitrogens with two attached hydrogens (primary N) is 1. The summed E-state index contributed by atoms with van der Waals surface area (Å²) in [5, 5.41) is 14.6. The van der Waals surface area contributed by atoms with E-state index in [9.17, 15) is 4.79 Å². The van der Waals surface area contributed by atoms with Gasteiger partial charge in [0.05, 0.1) is 0 Å². The molecular formula is C11H23N3O2. The van der Waals surface area contributed by atoms with E-state index in [4.69, 9.17) is 10.9 Å². The van der Waals surface area contributed by atoms with Gasteiger partial charge in [-0.2, -0.15) is 0 Å². The van der Waals surface area contributed by atoms with Crippen molar-refractivity contribution in [2.45, 2.75) is 53.0 Å². The third-order valence-corrected chi connectivity index (χ3v) is 2.84. The molecule has 1 amide bonds. The molecule has 4 N–H and O–H groups in total. The number of hydrogen-bond donors (Lipinski definition) is 3. The number of oxime groups is 1. The predicted octanol–water partition coefficient (Wildman–Crippen LogP) is 1.45. The Labute approximate surface area is 97.1 Å². The molecule has 0 radical (unpaired) electrons. The van der Waals surface area contributed by atoms with Gasteiger partial charge in [0, 0.05) is 5.41 Å². The second-order valence-corrected chi connectivity index (χ2v) is 4.98. The Kier molecular flexibility index (Phi) is 4.78. The molecule has 0 unspecified atom stereocenters. The van der Waals surface area contributed by atoms with Crippen LogP contribution in [0.4, 0.5) is 0 Å². The van der Waals surface area contributed by atoms with E-state index >= 15 is 0 Å². The maximum atomic E-state index is 11.9. The smallest absolute Gasteiger partial charge is 0.226 e. The molecule has 0 aliphatic rings. The number of carbonyl (C=O) groups is 1. The van der Waals surface area contributed by atoms with Crippen LogP contribution in [0.2, 0.25) is 0 Å². The molecule has 0 bridgehead atoms. The molecule has 5 heteroatoms. The zero-order valence-electron chi connectivity index (χ0n) is 10.8. The largest absolute Gasteiger partial charge is 0.409 e. The highest BCUT2D eigenvalue weighted by molar-refractivity contribution is 5.94. The highest BCUT2D eigenvalue weighted by Crippen LogP contribution is 2.20. The molecule has 0 aromatic carbocycles. The topological polar surface area (TPSA) is 87.7 Å². The van der Waals surface area contributed by atoms with Crippen molar-refractivity contribution in [3.63, 3.8) is 0 Å². The molecule has 0 aromatic heterocycles. The van der Waals surface area contributed by atoms with E-state index in [0.29, 0.717) is 12.8 Å². The van der Waals surface area contributed by atoms with E-state index in [-0.39, 0.29) is 11.7 Å². The predicted molar refractivity (Wildman–Crippen MR) is 64.3 cm³/mol. The van der Waals surface area contributed by atoms with Gasteiger partial charge in [-0.3, -0.25) is 4.79 Å². The van der Waals surface area contributed by atoms with Crippen LogP contribution in [0, 0.1) is 5.41 Å². The number of rotatable bonds is 4. The lowest BCUT2D eigenvalue weighted by atomic mass is 9.88. The fourth-order valence-electron chi connectivity index (χ4n) is 1.35. The van der Waals surface area contributed by atoms with Gasteiger partial charge in [0.2, 0.25) is 5.91 Å². The number of nitrogens with zero attached hydrogens (tertiary/aromatic N) is 1. The second-order valence-electron chi connectivity index (χ2n) is 4.98. The van der Waals surface area contributed by atoms with Gasteiger partial charge in [0.15, 0.2) is 5.84 Å². The molecule has 0 aliphatic carbocycles. The maximum absolute atomic E-state index is 11.9. The Morgan fingerprint density at radius 2 is 1.75 bits per heavy atom. The summed E-state index contributed by atoms with van der Waals surface area (Å²) in [6.07, 6.45) is 1.17. The van der Waals surface area contributed by atoms with Gasteiger partial charge in [-0.15, -0.1) is 0 Å². The monoisotopic (exact) mass is 229 g/mol. The summed E-state index contributed by atoms with van der Waals surface area (Å²) in [6.45, 7) is 9.26. The van der Waals surface area contributed by atoms with Gasteiger partial charge in [0.1, 0.15) is 5.54 Å². The minimum absolute atomic E-state index is 0.0510. The van der Waals surface area contributed by atoms with Gasteiger partial charge < -0.3 is 16.3 Å². The molecule has 0 spiro atoms. The van der Waals surface area contributed by atoms with E-state index in [1.165, 1.54) is 0 Å². The van der Waals surface area contributed by atoms with Crippen molar-refractivity contribution in [3.8, 4) is 0 Å². The lowest BCUT2D eigenvalue weighted by molar-refractivity contribution is -0.129. The molecule has 0 aromatic rings. The number of nitrogens with one attached hydrogen (secondary N) is 1. The summed E-state index contributed by atoms with van der Waals surface area (Å²) in [6, 6.07) is 0. The summed E-state index contributed by atoms with van der Waals surface area (Å²) >= 11 is 0. The molecule has 94 valence electrons. The number of carbonyl (C=O) groups excluding carboxylic acids is 1. The molecule has 0 saturated heterocycles. The Balaban J connectivity index is 5.04. The van der Waals surface area contributed by atoms with Crippen molar-refractivity contribution in [2.75, 3.05) is 0 Å². The van der Waals surface area contributed by atoms with Crippen molar-refractivity contribution < 1.29 is 10.0 Å². The van der Waals surface area contributed by atoms with Crippen LogP contribution < -0.4 is 11.1 Å². The molecule has 0 rings (SSSR count). The average molecular weight is 229 g/mol. The zero-order chi connectivity index (χ0) is 13.0. The first-order valence-electron chi connectivity index (χ1n) is 5.54. The quantitative estimate of drug-likeness (QED) is 0.295. The third-order valence-electron chi connectivity index (χ3n) is 2.84. The fourth-order valence-corrected chi connectivity index (χ4v) is 1.35. The van der Waals surface area contributed by atoms with Crippen LogP contribution in [0.15, 0.2) is 5.16 Å². The minimum Gasteiger partial charge on any atom is -0.409 e. The lowest BCUT2D eigenvalue weighted by Gasteiger charge is -2.34. The summed E-state index contributed by atoms with van der Waals surface area (Å²) in [4.78, 5) is 11.9. The van der Waals surface area contributed by atoms with Crippen molar-refractivity contribution in [1.82, 2.24) is 5.32 Å². The standard InChI is InChI=1S/C11H23N3O2/c1-6-11(7-2,8(12)14-16)13-9(15)10(3,4)5/h16H,6-7H2,1-5H3,(H2,12,14)(H,13,15). The summed E-state index contributed by atoms with van der Waals surface area (Å²) in [7, 11) is 0. The fraction of sp³-hybridized carbons (Fsp3) is 0.818. The van der Waals surface area contributed by atoms with Crippen LogP contribution in [0.5, 0.6) is 0 Å². The van der Waals surface area contributed by atoms with E-state index < -0.39 is 11.0 Å². The summed E-state index contributed by atoms with van der Waals surface area (Å²) in [5.41, 5.74) is 4.40. The molecule has 0 atom stereocenters. The SMILES string of the molecule is CCC(CC)(NC(=O)C(C)(C)C)/C(N)=N/O. The van der Waals surface area contributed by atoms with E-state index in [2.05, 4.69) is 10.5 Å². The highest BCUT2D eigenvalue weighted by atomic mass is 16.4. The van der Waals surface area contributed by atoms with E-state index in [1.54, 1.807) is 0 Å². The summed E-state index contributed by atoms with van der Waals surface area (Å²) in [5.74, 6) is -0.0575. The molecular weight excluding hydrogens is 206 g/mol. The van der Waals surface area contributed by atoms with Gasteiger partial charge in [0.25, 0.3) is 0 Å². The van der Waals surface area contributed by atoms with Gasteiger partial charge in [-0.1, -0.05) is 39.8 Å². The van der Waals surface area contributed by atoms with Gasteiger partial charge >= 0.3 is 0 Å². The van der Waals surface area contributed by atoms with E-state index in [0.717, 1.165) is 0 Å². The molecule has 0 saturated carbocycles. The lowest BCUT2D eigenvalue weighted by Crippen LogP contribution is -2.59. The Hall–Kier alpha value is -1.26. The minimum atomic E-state index is -0.751. The molecule has 0 heterocycles. The van der Waals surface area contributed by atoms with Crippen LogP contribution in [-0.2, 0) is 4.79 Å². The highest BCUT2D eigenvalue weighted by Gasteiger charge is 2.36. The molecule has 5 nitrogen and oxygen atoms in total. The van der Waals surface area contributed by atoms with Crippen LogP contribution in [0.1, 0.15) is 47.5 Å². The first kappa shape index (κ1) is 14.7. The first-order valence-corrected chi connectivity index (χ1v) is 5.54. The van der Waals surface area contributed by atoms with Gasteiger partial charge in [-0.05, 0) is 12.8 Å². The van der Waals surface area contributed by atoms with Crippen LogP contribution >= 0.6 is 0 Å². The normalized spacial score (nSPS) is 13.7. The zero-order valence-corrected chi connectivity index (χ0v) is 10.8. The number of amidine groups is 1. The Morgan fingerprint density at radius 3 is 2.00 bits per heavy atom. The van der Waals surface area contributed by atoms with Crippen molar-refractivity contribution in [2.24, 2.45) is 16.3 Å². The Bertz CT molecular complexity index is 275. The van der Waals surface area contributed by atoms with Crippen LogP contribution in [0.3, 0.4) is 0 Å².